The lowest BCUT2D eigenvalue weighted by atomic mass is 10.0. The summed E-state index contributed by atoms with van der Waals surface area (Å²) < 4.78 is 28.0. The summed E-state index contributed by atoms with van der Waals surface area (Å²) in [5, 5.41) is 2.57. The van der Waals surface area contributed by atoms with Crippen LogP contribution in [0.4, 0.5) is 0 Å². The molecule has 1 saturated heterocycles. The van der Waals surface area contributed by atoms with Gasteiger partial charge in [0.25, 0.3) is 0 Å². The molecule has 1 fully saturated rings. The number of hydrogen-bond acceptors (Lipinski definition) is 2. The Morgan fingerprint density at radius 3 is 2.48 bits per heavy atom. The molecule has 0 amide bonds. The van der Waals surface area contributed by atoms with Crippen molar-refractivity contribution in [2.45, 2.75) is 30.7 Å². The van der Waals surface area contributed by atoms with E-state index < -0.39 is 10.0 Å². The summed E-state index contributed by atoms with van der Waals surface area (Å²) in [7, 11) is -3.39. The van der Waals surface area contributed by atoms with Crippen LogP contribution >= 0.6 is 0 Å². The fraction of sp³-hybridized carbons (Fsp3) is 0.333. The molecule has 5 heteroatoms. The van der Waals surface area contributed by atoms with Gasteiger partial charge in [0.15, 0.2) is 0 Å². The molecule has 3 aromatic rings. The van der Waals surface area contributed by atoms with E-state index in [1.807, 2.05) is 12.1 Å². The average molecular weight is 408 g/mol. The molecular formula is C24H27N2O2S+. The van der Waals surface area contributed by atoms with Crippen molar-refractivity contribution in [2.24, 2.45) is 0 Å². The van der Waals surface area contributed by atoms with E-state index in [-0.39, 0.29) is 0 Å². The zero-order valence-corrected chi connectivity index (χ0v) is 17.4. The van der Waals surface area contributed by atoms with E-state index in [2.05, 4.69) is 42.5 Å². The van der Waals surface area contributed by atoms with Crippen LogP contribution < -0.4 is 4.90 Å². The van der Waals surface area contributed by atoms with Gasteiger partial charge in [0.2, 0.25) is 10.0 Å². The zero-order valence-electron chi connectivity index (χ0n) is 16.6. The Bertz CT molecular complexity index is 1140. The molecule has 5 rings (SSSR count). The van der Waals surface area contributed by atoms with E-state index in [9.17, 15) is 8.42 Å². The summed E-state index contributed by atoms with van der Waals surface area (Å²) in [5.74, 6) is 0. The minimum absolute atomic E-state index is 0.468. The SMILES string of the molecule is O=S(=O)(c1ccc2c(c1)CCC2)N1CC[NH+](Cc2cccc3ccccc23)CC1. The fourth-order valence-corrected chi connectivity index (χ4v) is 6.29. The Morgan fingerprint density at radius 2 is 1.62 bits per heavy atom. The minimum atomic E-state index is -3.39. The van der Waals surface area contributed by atoms with Gasteiger partial charge in [-0.15, -0.1) is 0 Å². The molecule has 150 valence electrons. The molecule has 3 aromatic carbocycles. The zero-order chi connectivity index (χ0) is 19.8. The van der Waals surface area contributed by atoms with Crippen LogP contribution in [-0.4, -0.2) is 38.9 Å². The number of sulfonamides is 1. The number of quaternary nitrogens is 1. The van der Waals surface area contributed by atoms with Crippen molar-refractivity contribution in [3.63, 3.8) is 0 Å². The highest BCUT2D eigenvalue weighted by atomic mass is 32.2. The molecule has 1 aliphatic carbocycles. The third-order valence-electron chi connectivity index (χ3n) is 6.46. The highest BCUT2D eigenvalue weighted by Gasteiger charge is 2.31. The Morgan fingerprint density at radius 1 is 0.862 bits per heavy atom. The standard InChI is InChI=1S/C24H26N2O2S/c27-29(28,23-12-11-19-6-3-8-21(19)17-23)26-15-13-25(14-16-26)18-22-9-4-7-20-5-1-2-10-24(20)22/h1-2,4-5,7,9-12,17H,3,6,8,13-16,18H2/p+1. The van der Waals surface area contributed by atoms with Crippen LogP contribution in [0, 0.1) is 0 Å². The molecule has 0 atom stereocenters. The number of benzene rings is 3. The Kier molecular flexibility index (Phi) is 4.90. The first-order chi connectivity index (χ1) is 14.1. The average Bonchev–Trinajstić information content (AvgIpc) is 3.22. The third-order valence-corrected chi connectivity index (χ3v) is 8.35. The van der Waals surface area contributed by atoms with Gasteiger partial charge in [-0.2, -0.15) is 4.31 Å². The molecule has 1 heterocycles. The van der Waals surface area contributed by atoms with Crippen molar-refractivity contribution in [1.29, 1.82) is 0 Å². The van der Waals surface area contributed by atoms with Crippen LogP contribution in [0.25, 0.3) is 10.8 Å². The molecule has 1 N–H and O–H groups in total. The predicted molar refractivity (Wildman–Crippen MR) is 116 cm³/mol. The van der Waals surface area contributed by atoms with Gasteiger partial charge in [0, 0.05) is 5.56 Å². The first kappa shape index (κ1) is 18.8. The van der Waals surface area contributed by atoms with Gasteiger partial charge >= 0.3 is 0 Å². The lowest BCUT2D eigenvalue weighted by Crippen LogP contribution is -3.13. The molecule has 0 aromatic heterocycles. The molecular weight excluding hydrogens is 380 g/mol. The van der Waals surface area contributed by atoms with Crippen molar-refractivity contribution in [3.05, 3.63) is 77.4 Å². The van der Waals surface area contributed by atoms with Crippen LogP contribution in [0.2, 0.25) is 0 Å². The summed E-state index contributed by atoms with van der Waals surface area (Å²) in [5.41, 5.74) is 3.87. The minimum Gasteiger partial charge on any atom is -0.329 e. The van der Waals surface area contributed by atoms with Gasteiger partial charge in [0.1, 0.15) is 6.54 Å². The van der Waals surface area contributed by atoms with Gasteiger partial charge in [-0.25, -0.2) is 8.42 Å². The Hall–Kier alpha value is -2.21. The number of fused-ring (bicyclic) bond motifs is 2. The van der Waals surface area contributed by atoms with E-state index in [4.69, 9.17) is 0 Å². The monoisotopic (exact) mass is 407 g/mol. The number of hydrogen-bond donors (Lipinski definition) is 1. The lowest BCUT2D eigenvalue weighted by molar-refractivity contribution is -0.917. The van der Waals surface area contributed by atoms with E-state index >= 15 is 0 Å². The number of aryl methyl sites for hydroxylation is 2. The van der Waals surface area contributed by atoms with Crippen LogP contribution in [0.1, 0.15) is 23.1 Å². The maximum atomic E-state index is 13.1. The molecule has 1 aliphatic heterocycles. The van der Waals surface area contributed by atoms with Crippen LogP contribution in [0.15, 0.2) is 65.6 Å². The highest BCUT2D eigenvalue weighted by molar-refractivity contribution is 7.89. The summed E-state index contributed by atoms with van der Waals surface area (Å²) in [6.45, 7) is 3.79. The van der Waals surface area contributed by atoms with Crippen LogP contribution in [0.3, 0.4) is 0 Å². The summed E-state index contributed by atoms with van der Waals surface area (Å²) in [4.78, 5) is 1.91. The first-order valence-corrected chi connectivity index (χ1v) is 12.0. The van der Waals surface area contributed by atoms with E-state index in [1.54, 1.807) is 10.4 Å². The van der Waals surface area contributed by atoms with Gasteiger partial charge < -0.3 is 4.90 Å². The number of piperazine rings is 1. The van der Waals surface area contributed by atoms with Crippen LogP contribution in [0.5, 0.6) is 0 Å². The summed E-state index contributed by atoms with van der Waals surface area (Å²) >= 11 is 0. The van der Waals surface area contributed by atoms with E-state index in [0.29, 0.717) is 18.0 Å². The fourth-order valence-electron chi connectivity index (χ4n) is 4.79. The molecule has 0 spiro atoms. The van der Waals surface area contributed by atoms with Crippen molar-refractivity contribution >= 4 is 20.8 Å². The maximum Gasteiger partial charge on any atom is 0.243 e. The second kappa shape index (κ2) is 7.56. The van der Waals surface area contributed by atoms with Crippen molar-refractivity contribution in [1.82, 2.24) is 4.31 Å². The Labute approximate surface area is 172 Å². The second-order valence-corrected chi connectivity index (χ2v) is 10.2. The lowest BCUT2D eigenvalue weighted by Gasteiger charge is -2.31. The molecule has 29 heavy (non-hydrogen) atoms. The molecule has 2 aliphatic rings. The van der Waals surface area contributed by atoms with Gasteiger partial charge in [-0.1, -0.05) is 48.5 Å². The molecule has 0 saturated carbocycles. The molecule has 0 bridgehead atoms. The van der Waals surface area contributed by atoms with E-state index in [0.717, 1.165) is 38.9 Å². The molecule has 0 unspecified atom stereocenters. The van der Waals surface area contributed by atoms with Crippen molar-refractivity contribution < 1.29 is 13.3 Å². The van der Waals surface area contributed by atoms with E-state index in [1.165, 1.54) is 32.4 Å². The molecule has 4 nitrogen and oxygen atoms in total. The number of nitrogens with one attached hydrogen (secondary N) is 1. The largest absolute Gasteiger partial charge is 0.329 e. The third kappa shape index (κ3) is 3.59. The van der Waals surface area contributed by atoms with Crippen LogP contribution in [-0.2, 0) is 29.4 Å². The topological polar surface area (TPSA) is 41.8 Å². The second-order valence-electron chi connectivity index (χ2n) is 8.25. The highest BCUT2D eigenvalue weighted by Crippen LogP contribution is 2.26. The normalized spacial score (nSPS) is 18.2. The number of rotatable bonds is 4. The first-order valence-electron chi connectivity index (χ1n) is 10.5. The predicted octanol–water partition coefficient (Wildman–Crippen LogP) is 2.42. The van der Waals surface area contributed by atoms with Gasteiger partial charge in [0.05, 0.1) is 31.1 Å². The number of nitrogens with zero attached hydrogens (tertiary/aromatic N) is 1. The smallest absolute Gasteiger partial charge is 0.243 e. The van der Waals surface area contributed by atoms with Gasteiger partial charge in [-0.3, -0.25) is 0 Å². The maximum absolute atomic E-state index is 13.1. The van der Waals surface area contributed by atoms with Crippen molar-refractivity contribution in [2.75, 3.05) is 26.2 Å². The Balaban J connectivity index is 1.29. The molecule has 0 radical (unpaired) electrons. The summed E-state index contributed by atoms with van der Waals surface area (Å²) in [6.07, 6.45) is 3.21. The van der Waals surface area contributed by atoms with Crippen molar-refractivity contribution in [3.8, 4) is 0 Å². The quantitative estimate of drug-likeness (QED) is 0.722. The summed E-state index contributed by atoms with van der Waals surface area (Å²) in [6, 6.07) is 20.7. The van der Waals surface area contributed by atoms with Gasteiger partial charge in [-0.05, 0) is 53.3 Å².